The summed E-state index contributed by atoms with van der Waals surface area (Å²) < 4.78 is 13.0. The van der Waals surface area contributed by atoms with E-state index in [1.807, 2.05) is 23.1 Å². The topological polar surface area (TPSA) is 73.5 Å². The number of carbonyl (C=O) groups excluding carboxylic acids is 2. The Hall–Kier alpha value is -2.93. The molecule has 1 fully saturated rings. The van der Waals surface area contributed by atoms with Crippen molar-refractivity contribution >= 4 is 23.3 Å². The van der Waals surface area contributed by atoms with Crippen LogP contribution in [-0.4, -0.2) is 36.0 Å². The number of hydrogen-bond acceptors (Lipinski definition) is 3. The Bertz CT molecular complexity index is 878. The van der Waals surface area contributed by atoms with E-state index in [1.54, 1.807) is 0 Å². The van der Waals surface area contributed by atoms with Gasteiger partial charge >= 0.3 is 6.03 Å². The van der Waals surface area contributed by atoms with Gasteiger partial charge in [-0.1, -0.05) is 12.1 Å². The average molecular weight is 382 g/mol. The lowest BCUT2D eigenvalue weighted by atomic mass is 9.97. The number of urea groups is 1. The van der Waals surface area contributed by atoms with Crippen molar-refractivity contribution in [3.63, 3.8) is 0 Å². The van der Waals surface area contributed by atoms with Gasteiger partial charge < -0.3 is 20.9 Å². The van der Waals surface area contributed by atoms with Crippen LogP contribution in [0.1, 0.15) is 24.0 Å². The molecule has 0 aliphatic carbocycles. The maximum absolute atomic E-state index is 13.0. The van der Waals surface area contributed by atoms with E-state index in [1.165, 1.54) is 24.3 Å². The predicted molar refractivity (Wildman–Crippen MR) is 106 cm³/mol. The summed E-state index contributed by atoms with van der Waals surface area (Å²) in [6, 6.07) is 10.9. The van der Waals surface area contributed by atoms with Crippen molar-refractivity contribution in [1.82, 2.24) is 10.2 Å². The monoisotopic (exact) mass is 382 g/mol. The normalized spacial score (nSPS) is 18.5. The van der Waals surface area contributed by atoms with E-state index in [2.05, 4.69) is 16.0 Å². The molecule has 2 aliphatic heterocycles. The van der Waals surface area contributed by atoms with Crippen LogP contribution >= 0.6 is 0 Å². The van der Waals surface area contributed by atoms with Crippen LogP contribution in [0.5, 0.6) is 0 Å². The lowest BCUT2D eigenvalue weighted by Gasteiger charge is -2.32. The Morgan fingerprint density at radius 3 is 2.68 bits per heavy atom. The third kappa shape index (κ3) is 3.99. The smallest absolute Gasteiger partial charge is 0.323 e. The molecule has 1 unspecified atom stereocenters. The molecule has 2 aromatic carbocycles. The van der Waals surface area contributed by atoms with Crippen molar-refractivity contribution in [3.8, 4) is 0 Å². The number of amides is 3. The first-order valence-corrected chi connectivity index (χ1v) is 9.56. The number of fused-ring (bicyclic) bond motifs is 1. The van der Waals surface area contributed by atoms with Crippen molar-refractivity contribution in [2.45, 2.75) is 31.8 Å². The van der Waals surface area contributed by atoms with Gasteiger partial charge in [-0.3, -0.25) is 4.79 Å². The van der Waals surface area contributed by atoms with Gasteiger partial charge in [0.05, 0.1) is 6.04 Å². The highest BCUT2D eigenvalue weighted by atomic mass is 19.1. The lowest BCUT2D eigenvalue weighted by Crippen LogP contribution is -2.45. The van der Waals surface area contributed by atoms with Crippen molar-refractivity contribution in [2.75, 3.05) is 23.7 Å². The number of benzene rings is 2. The molecule has 6 nitrogen and oxygen atoms in total. The fourth-order valence-electron chi connectivity index (χ4n) is 3.85. The van der Waals surface area contributed by atoms with Gasteiger partial charge in [0.25, 0.3) is 0 Å². The fourth-order valence-corrected chi connectivity index (χ4v) is 3.85. The Balaban J connectivity index is 1.43. The van der Waals surface area contributed by atoms with Crippen molar-refractivity contribution in [3.05, 3.63) is 59.4 Å². The van der Waals surface area contributed by atoms with E-state index < -0.39 is 0 Å². The molecule has 3 amide bonds. The molecule has 2 aliphatic rings. The summed E-state index contributed by atoms with van der Waals surface area (Å²) >= 11 is 0. The molecule has 1 atom stereocenters. The number of rotatable bonds is 3. The van der Waals surface area contributed by atoms with Gasteiger partial charge in [-0.05, 0) is 67.3 Å². The maximum atomic E-state index is 13.0. The average Bonchev–Trinajstić information content (AvgIpc) is 3.24. The molecule has 28 heavy (non-hydrogen) atoms. The van der Waals surface area contributed by atoms with Crippen molar-refractivity contribution in [2.24, 2.45) is 0 Å². The Morgan fingerprint density at radius 2 is 1.93 bits per heavy atom. The predicted octanol–water partition coefficient (Wildman–Crippen LogP) is 3.11. The minimum Gasteiger partial charge on any atom is -0.337 e. The molecule has 7 heteroatoms. The summed E-state index contributed by atoms with van der Waals surface area (Å²) in [5.74, 6) is -0.189. The van der Waals surface area contributed by atoms with Crippen LogP contribution in [-0.2, 0) is 17.8 Å². The summed E-state index contributed by atoms with van der Waals surface area (Å²) in [6.45, 7) is 2.10. The Kier molecular flexibility index (Phi) is 5.25. The second-order valence-electron chi connectivity index (χ2n) is 7.19. The minimum atomic E-state index is -0.381. The number of nitrogens with zero attached hydrogens (tertiary/aromatic N) is 1. The quantitative estimate of drug-likeness (QED) is 0.764. The van der Waals surface area contributed by atoms with Gasteiger partial charge in [0.15, 0.2) is 0 Å². The second kappa shape index (κ2) is 7.98. The zero-order valence-electron chi connectivity index (χ0n) is 15.5. The van der Waals surface area contributed by atoms with Crippen LogP contribution in [0.25, 0.3) is 0 Å². The Morgan fingerprint density at radius 1 is 1.11 bits per heavy atom. The van der Waals surface area contributed by atoms with Crippen LogP contribution in [0.4, 0.5) is 20.6 Å². The molecule has 0 aromatic heterocycles. The van der Waals surface area contributed by atoms with Gasteiger partial charge in [-0.2, -0.15) is 0 Å². The van der Waals surface area contributed by atoms with E-state index in [0.29, 0.717) is 25.2 Å². The van der Waals surface area contributed by atoms with Gasteiger partial charge in [0.2, 0.25) is 5.91 Å². The third-order valence-electron chi connectivity index (χ3n) is 5.29. The van der Waals surface area contributed by atoms with Gasteiger partial charge in [0.1, 0.15) is 5.82 Å². The summed E-state index contributed by atoms with van der Waals surface area (Å²) in [6.07, 6.45) is 2.63. The molecule has 1 saturated heterocycles. The van der Waals surface area contributed by atoms with E-state index in [9.17, 15) is 14.0 Å². The van der Waals surface area contributed by atoms with E-state index in [-0.39, 0.29) is 23.8 Å². The second-order valence-corrected chi connectivity index (χ2v) is 7.19. The number of nitrogens with one attached hydrogen (secondary N) is 3. The molecular formula is C21H23FN4O2. The maximum Gasteiger partial charge on any atom is 0.323 e. The van der Waals surface area contributed by atoms with Crippen LogP contribution < -0.4 is 16.0 Å². The number of anilines is 2. The molecule has 2 heterocycles. The number of carbonyl (C=O) groups is 2. The first-order valence-electron chi connectivity index (χ1n) is 9.56. The van der Waals surface area contributed by atoms with Gasteiger partial charge in [-0.25, -0.2) is 9.18 Å². The molecule has 0 saturated carbocycles. The van der Waals surface area contributed by atoms with Crippen LogP contribution in [0.3, 0.4) is 0 Å². The highest BCUT2D eigenvalue weighted by Crippen LogP contribution is 2.27. The van der Waals surface area contributed by atoms with Crippen molar-refractivity contribution in [1.29, 1.82) is 0 Å². The molecule has 0 radical (unpaired) electrons. The zero-order chi connectivity index (χ0) is 19.5. The third-order valence-corrected chi connectivity index (χ3v) is 5.29. The van der Waals surface area contributed by atoms with E-state index >= 15 is 0 Å². The SMILES string of the molecule is O=C(Nc1ccc(F)cc1)Nc1cccc2c1CCN(C(=O)C1CCCN1)C2. The highest BCUT2D eigenvalue weighted by Gasteiger charge is 2.29. The molecule has 146 valence electrons. The van der Waals surface area contributed by atoms with E-state index in [0.717, 1.165) is 36.2 Å². The largest absolute Gasteiger partial charge is 0.337 e. The highest BCUT2D eigenvalue weighted by molar-refractivity contribution is 6.00. The Labute approximate surface area is 163 Å². The summed E-state index contributed by atoms with van der Waals surface area (Å²) in [7, 11) is 0. The first-order chi connectivity index (χ1) is 13.6. The molecule has 4 rings (SSSR count). The molecule has 0 bridgehead atoms. The summed E-state index contributed by atoms with van der Waals surface area (Å²) in [4.78, 5) is 26.9. The van der Waals surface area contributed by atoms with Crippen LogP contribution in [0.15, 0.2) is 42.5 Å². The summed E-state index contributed by atoms with van der Waals surface area (Å²) in [5, 5.41) is 8.83. The lowest BCUT2D eigenvalue weighted by molar-refractivity contribution is -0.134. The standard InChI is InChI=1S/C21H23FN4O2/c22-15-6-8-16(9-7-15)24-21(28)25-18-4-1-3-14-13-26(12-10-17(14)18)20(27)19-5-2-11-23-19/h1,3-4,6-9,19,23H,2,5,10-13H2,(H2,24,25,28). The van der Waals surface area contributed by atoms with Crippen LogP contribution in [0.2, 0.25) is 0 Å². The molecule has 0 spiro atoms. The summed E-state index contributed by atoms with van der Waals surface area (Å²) in [5.41, 5.74) is 3.37. The fraction of sp³-hybridized carbons (Fsp3) is 0.333. The van der Waals surface area contributed by atoms with Crippen LogP contribution in [0, 0.1) is 5.82 Å². The molecule has 3 N–H and O–H groups in total. The van der Waals surface area contributed by atoms with Gasteiger partial charge in [0, 0.05) is 24.5 Å². The molecule has 2 aromatic rings. The minimum absolute atomic E-state index is 0.0654. The number of hydrogen-bond donors (Lipinski definition) is 3. The zero-order valence-corrected chi connectivity index (χ0v) is 15.5. The first kappa shape index (κ1) is 18.4. The number of halogens is 1. The van der Waals surface area contributed by atoms with Gasteiger partial charge in [-0.15, -0.1) is 0 Å². The molecular weight excluding hydrogens is 359 g/mol. The van der Waals surface area contributed by atoms with E-state index in [4.69, 9.17) is 0 Å². The van der Waals surface area contributed by atoms with Crippen molar-refractivity contribution < 1.29 is 14.0 Å².